The van der Waals surface area contributed by atoms with Crippen molar-refractivity contribution in [3.8, 4) is 0 Å². The highest BCUT2D eigenvalue weighted by Gasteiger charge is 2.30. The Morgan fingerprint density at radius 1 is 1.50 bits per heavy atom. The van der Waals surface area contributed by atoms with Gasteiger partial charge in [-0.05, 0) is 44.0 Å². The van der Waals surface area contributed by atoms with Crippen molar-refractivity contribution in [2.75, 3.05) is 13.6 Å². The van der Waals surface area contributed by atoms with E-state index in [1.165, 1.54) is 12.8 Å². The van der Waals surface area contributed by atoms with Gasteiger partial charge in [-0.3, -0.25) is 4.90 Å². The topological polar surface area (TPSA) is 41.3 Å². The molecule has 0 bridgehead atoms. The molecule has 0 amide bonds. The number of aryl methyl sites for hydroxylation is 1. The Hall–Kier alpha value is -1.10. The molecular weight excluding hydrogens is 274 g/mol. The smallest absolute Gasteiger partial charge is 0.123 e. The van der Waals surface area contributed by atoms with Crippen LogP contribution in [0.4, 0.5) is 0 Å². The van der Waals surface area contributed by atoms with Gasteiger partial charge in [0.25, 0.3) is 0 Å². The zero-order valence-electron chi connectivity index (χ0n) is 11.9. The molecule has 4 nitrogen and oxygen atoms in total. The van der Waals surface area contributed by atoms with Crippen LogP contribution in [0.5, 0.6) is 0 Å². The van der Waals surface area contributed by atoms with Gasteiger partial charge in [0.15, 0.2) is 0 Å². The van der Waals surface area contributed by atoms with Crippen molar-refractivity contribution in [1.82, 2.24) is 14.5 Å². The zero-order chi connectivity index (χ0) is 14.3. The first-order valence-corrected chi connectivity index (χ1v) is 7.40. The number of aromatic nitrogens is 2. The van der Waals surface area contributed by atoms with Gasteiger partial charge in [-0.25, -0.2) is 4.98 Å². The van der Waals surface area contributed by atoms with Crippen molar-refractivity contribution < 1.29 is 5.11 Å². The quantitative estimate of drug-likeness (QED) is 0.920. The number of nitrogens with zero attached hydrogens (tertiary/aromatic N) is 3. The Kier molecular flexibility index (Phi) is 3.71. The number of aliphatic hydroxyl groups is 1. The third-order valence-electron chi connectivity index (χ3n) is 4.01. The lowest BCUT2D eigenvalue weighted by atomic mass is 10.2. The van der Waals surface area contributed by atoms with E-state index < -0.39 is 0 Å². The molecule has 0 saturated heterocycles. The summed E-state index contributed by atoms with van der Waals surface area (Å²) in [6, 6.07) is 5.77. The summed E-state index contributed by atoms with van der Waals surface area (Å²) in [4.78, 5) is 6.77. The summed E-state index contributed by atoms with van der Waals surface area (Å²) >= 11 is 6.00. The highest BCUT2D eigenvalue weighted by Crippen LogP contribution is 2.32. The number of likely N-dealkylation sites (N-methyl/N-ethyl adjacent to an activating group) is 1. The molecule has 20 heavy (non-hydrogen) atoms. The van der Waals surface area contributed by atoms with Gasteiger partial charge in [-0.1, -0.05) is 11.6 Å². The second-order valence-corrected chi connectivity index (χ2v) is 6.26. The fraction of sp³-hybridized carbons (Fsp3) is 0.533. The fourth-order valence-electron chi connectivity index (χ4n) is 2.62. The van der Waals surface area contributed by atoms with E-state index in [-0.39, 0.29) is 6.10 Å². The maximum atomic E-state index is 10.00. The van der Waals surface area contributed by atoms with Crippen LogP contribution in [0, 0.1) is 5.92 Å². The SMILES string of the molecule is CN(Cc1nc2cc(Cl)ccc2n1C)CC(O)C1CC1. The van der Waals surface area contributed by atoms with Gasteiger partial charge in [0, 0.05) is 18.6 Å². The number of aliphatic hydroxyl groups excluding tert-OH is 1. The maximum Gasteiger partial charge on any atom is 0.123 e. The number of fused-ring (bicyclic) bond motifs is 1. The predicted octanol–water partition coefficient (Wildman–Crippen LogP) is 2.43. The lowest BCUT2D eigenvalue weighted by molar-refractivity contribution is 0.103. The van der Waals surface area contributed by atoms with Gasteiger partial charge in [-0.2, -0.15) is 0 Å². The van der Waals surface area contributed by atoms with Gasteiger partial charge >= 0.3 is 0 Å². The molecule has 1 atom stereocenters. The number of hydrogen-bond donors (Lipinski definition) is 1. The fourth-order valence-corrected chi connectivity index (χ4v) is 2.79. The van der Waals surface area contributed by atoms with Gasteiger partial charge in [0.2, 0.25) is 0 Å². The lowest BCUT2D eigenvalue weighted by Gasteiger charge is -2.19. The Balaban J connectivity index is 1.74. The molecule has 1 unspecified atom stereocenters. The molecule has 1 saturated carbocycles. The molecule has 1 aromatic carbocycles. The Labute approximate surface area is 124 Å². The van der Waals surface area contributed by atoms with Crippen molar-refractivity contribution in [2.24, 2.45) is 13.0 Å². The molecule has 0 radical (unpaired) electrons. The number of imidazole rings is 1. The first-order chi connectivity index (χ1) is 9.54. The van der Waals surface area contributed by atoms with Crippen LogP contribution in [0.2, 0.25) is 5.02 Å². The standard InChI is InChI=1S/C15H20ClN3O/c1-18(8-14(20)10-3-4-10)9-15-17-12-7-11(16)5-6-13(12)19(15)2/h5-7,10,14,20H,3-4,8-9H2,1-2H3. The molecule has 1 fully saturated rings. The van der Waals surface area contributed by atoms with E-state index >= 15 is 0 Å². The average Bonchev–Trinajstić information content (AvgIpc) is 3.17. The molecule has 0 aliphatic heterocycles. The molecule has 3 rings (SSSR count). The van der Waals surface area contributed by atoms with Crippen LogP contribution in [0.3, 0.4) is 0 Å². The number of hydrogen-bond acceptors (Lipinski definition) is 3. The first kappa shape index (κ1) is 13.9. The minimum absolute atomic E-state index is 0.205. The molecule has 108 valence electrons. The van der Waals surface area contributed by atoms with Crippen LogP contribution in [0.25, 0.3) is 11.0 Å². The summed E-state index contributed by atoms with van der Waals surface area (Å²) in [6.07, 6.45) is 2.13. The van der Waals surface area contributed by atoms with Crippen molar-refractivity contribution >= 4 is 22.6 Å². The van der Waals surface area contributed by atoms with Gasteiger partial charge in [-0.15, -0.1) is 0 Å². The minimum atomic E-state index is -0.205. The third-order valence-corrected chi connectivity index (χ3v) is 4.25. The predicted molar refractivity (Wildman–Crippen MR) is 80.8 cm³/mol. The normalized spacial score (nSPS) is 17.1. The van der Waals surface area contributed by atoms with E-state index in [0.717, 1.165) is 23.4 Å². The lowest BCUT2D eigenvalue weighted by Crippen LogP contribution is -2.30. The second kappa shape index (κ2) is 5.35. The van der Waals surface area contributed by atoms with Crippen LogP contribution in [0.1, 0.15) is 18.7 Å². The van der Waals surface area contributed by atoms with Crippen molar-refractivity contribution in [3.63, 3.8) is 0 Å². The van der Waals surface area contributed by atoms with Crippen LogP contribution in [-0.4, -0.2) is 39.3 Å². The van der Waals surface area contributed by atoms with Gasteiger partial charge in [0.05, 0.1) is 23.7 Å². The van der Waals surface area contributed by atoms with E-state index in [4.69, 9.17) is 11.6 Å². The van der Waals surface area contributed by atoms with E-state index in [1.807, 2.05) is 32.3 Å². The highest BCUT2D eigenvalue weighted by molar-refractivity contribution is 6.31. The Morgan fingerprint density at radius 2 is 2.25 bits per heavy atom. The van der Waals surface area contributed by atoms with Crippen molar-refractivity contribution in [1.29, 1.82) is 0 Å². The molecule has 5 heteroatoms. The van der Waals surface area contributed by atoms with Crippen molar-refractivity contribution in [2.45, 2.75) is 25.5 Å². The largest absolute Gasteiger partial charge is 0.392 e. The number of benzene rings is 1. The molecule has 1 aliphatic carbocycles. The summed E-state index contributed by atoms with van der Waals surface area (Å²) in [5.74, 6) is 1.50. The first-order valence-electron chi connectivity index (χ1n) is 7.02. The Morgan fingerprint density at radius 3 is 2.95 bits per heavy atom. The van der Waals surface area contributed by atoms with Crippen LogP contribution >= 0.6 is 11.6 Å². The molecule has 1 aromatic heterocycles. The summed E-state index contributed by atoms with van der Waals surface area (Å²) in [5.41, 5.74) is 2.01. The molecule has 1 N–H and O–H groups in total. The van der Waals surface area contributed by atoms with Gasteiger partial charge in [0.1, 0.15) is 5.82 Å². The Bertz CT molecular complexity index is 621. The zero-order valence-corrected chi connectivity index (χ0v) is 12.6. The average molecular weight is 294 g/mol. The number of rotatable bonds is 5. The molecular formula is C15H20ClN3O. The van der Waals surface area contributed by atoms with E-state index in [0.29, 0.717) is 17.5 Å². The third kappa shape index (κ3) is 2.82. The molecule has 1 heterocycles. The van der Waals surface area contributed by atoms with E-state index in [2.05, 4.69) is 14.5 Å². The van der Waals surface area contributed by atoms with Crippen molar-refractivity contribution in [3.05, 3.63) is 29.0 Å². The van der Waals surface area contributed by atoms with Crippen LogP contribution in [-0.2, 0) is 13.6 Å². The maximum absolute atomic E-state index is 10.00. The summed E-state index contributed by atoms with van der Waals surface area (Å²) in [5, 5.41) is 10.7. The van der Waals surface area contributed by atoms with E-state index in [1.54, 1.807) is 0 Å². The van der Waals surface area contributed by atoms with E-state index in [9.17, 15) is 5.11 Å². The van der Waals surface area contributed by atoms with Gasteiger partial charge < -0.3 is 9.67 Å². The summed E-state index contributed by atoms with van der Waals surface area (Å²) in [6.45, 7) is 1.43. The minimum Gasteiger partial charge on any atom is -0.392 e. The summed E-state index contributed by atoms with van der Waals surface area (Å²) < 4.78 is 2.09. The second-order valence-electron chi connectivity index (χ2n) is 5.82. The summed E-state index contributed by atoms with van der Waals surface area (Å²) in [7, 11) is 4.04. The van der Waals surface area contributed by atoms with Crippen LogP contribution < -0.4 is 0 Å². The van der Waals surface area contributed by atoms with Crippen LogP contribution in [0.15, 0.2) is 18.2 Å². The highest BCUT2D eigenvalue weighted by atomic mass is 35.5. The molecule has 0 spiro atoms. The molecule has 2 aromatic rings. The number of halogens is 1. The molecule has 1 aliphatic rings. The monoisotopic (exact) mass is 293 g/mol.